The molecule has 0 bridgehead atoms. The first-order chi connectivity index (χ1) is 14.4. The summed E-state index contributed by atoms with van der Waals surface area (Å²) >= 11 is 1.37. The van der Waals surface area contributed by atoms with Crippen molar-refractivity contribution < 1.29 is 28.7 Å². The van der Waals surface area contributed by atoms with Crippen molar-refractivity contribution in [3.05, 3.63) is 16.0 Å². The molecule has 1 heterocycles. The van der Waals surface area contributed by atoms with Gasteiger partial charge < -0.3 is 20.1 Å². The summed E-state index contributed by atoms with van der Waals surface area (Å²) in [4.78, 5) is 50.1. The summed E-state index contributed by atoms with van der Waals surface area (Å²) in [5.74, 6) is -1.51. The number of ether oxygens (including phenoxy) is 2. The molecule has 0 unspecified atom stereocenters. The molecule has 0 saturated carbocycles. The predicted molar refractivity (Wildman–Crippen MR) is 118 cm³/mol. The number of hydrogen-bond donors (Lipinski definition) is 2. The van der Waals surface area contributed by atoms with E-state index in [-0.39, 0.29) is 12.5 Å². The van der Waals surface area contributed by atoms with E-state index in [1.54, 1.807) is 27.7 Å². The molecule has 9 heteroatoms. The van der Waals surface area contributed by atoms with Crippen molar-refractivity contribution in [2.75, 3.05) is 18.5 Å². The van der Waals surface area contributed by atoms with Gasteiger partial charge in [0.05, 0.1) is 12.2 Å². The number of amides is 2. The van der Waals surface area contributed by atoms with Crippen molar-refractivity contribution in [3.8, 4) is 0 Å². The Morgan fingerprint density at radius 3 is 2.48 bits per heavy atom. The summed E-state index contributed by atoms with van der Waals surface area (Å²) in [6.45, 7) is 10.3. The van der Waals surface area contributed by atoms with Crippen LogP contribution in [0.25, 0.3) is 0 Å². The molecule has 31 heavy (non-hydrogen) atoms. The van der Waals surface area contributed by atoms with Crippen LogP contribution in [0.1, 0.15) is 68.8 Å². The highest BCUT2D eigenvalue weighted by molar-refractivity contribution is 7.17. The minimum Gasteiger partial charge on any atom is -0.462 e. The minimum atomic E-state index is -0.884. The zero-order chi connectivity index (χ0) is 23.3. The van der Waals surface area contributed by atoms with Crippen LogP contribution in [0, 0.1) is 11.3 Å². The maximum atomic E-state index is 12.5. The highest BCUT2D eigenvalue weighted by Gasteiger charge is 2.30. The summed E-state index contributed by atoms with van der Waals surface area (Å²) in [5.41, 5.74) is 0.692. The maximum absolute atomic E-state index is 12.5. The van der Waals surface area contributed by atoms with Gasteiger partial charge in [0.25, 0.3) is 5.91 Å². The molecule has 0 aromatic carbocycles. The first-order valence-corrected chi connectivity index (χ1v) is 11.3. The van der Waals surface area contributed by atoms with E-state index in [1.165, 1.54) is 18.3 Å². The van der Waals surface area contributed by atoms with Crippen LogP contribution in [0.4, 0.5) is 5.00 Å². The molecular formula is C22H32N2O6S. The van der Waals surface area contributed by atoms with Crippen LogP contribution < -0.4 is 10.6 Å². The number of hydrogen-bond acceptors (Lipinski definition) is 7. The normalized spacial score (nSPS) is 16.6. The third-order valence-electron chi connectivity index (χ3n) is 4.97. The Morgan fingerprint density at radius 1 is 1.19 bits per heavy atom. The lowest BCUT2D eigenvalue weighted by atomic mass is 9.88. The van der Waals surface area contributed by atoms with Crippen LogP contribution in [0.3, 0.4) is 0 Å². The zero-order valence-electron chi connectivity index (χ0n) is 19.0. The van der Waals surface area contributed by atoms with Crippen LogP contribution in [-0.4, -0.2) is 43.0 Å². The summed E-state index contributed by atoms with van der Waals surface area (Å²) in [7, 11) is 0. The molecule has 0 spiro atoms. The summed E-state index contributed by atoms with van der Waals surface area (Å²) in [6.07, 6.45) is 2.58. The SMILES string of the molecule is CCOC(=O)c1c(NC(=O)COC(=O)[C@@H](C)NC(=O)C(C)(C)C)sc2c1CC[C@H](C)C2. The number of anilines is 1. The Labute approximate surface area is 187 Å². The van der Waals surface area contributed by atoms with E-state index in [9.17, 15) is 19.2 Å². The Balaban J connectivity index is 2.02. The fraction of sp³-hybridized carbons (Fsp3) is 0.636. The summed E-state index contributed by atoms with van der Waals surface area (Å²) in [5, 5.41) is 5.68. The molecule has 0 radical (unpaired) electrons. The van der Waals surface area contributed by atoms with Crippen molar-refractivity contribution in [3.63, 3.8) is 0 Å². The number of carbonyl (C=O) groups is 4. The second-order valence-corrected chi connectivity index (χ2v) is 9.98. The van der Waals surface area contributed by atoms with Gasteiger partial charge in [0.15, 0.2) is 6.61 Å². The van der Waals surface area contributed by atoms with E-state index in [0.717, 1.165) is 29.7 Å². The van der Waals surface area contributed by atoms with Gasteiger partial charge in [-0.1, -0.05) is 27.7 Å². The molecule has 0 saturated heterocycles. The molecule has 2 N–H and O–H groups in total. The lowest BCUT2D eigenvalue weighted by Gasteiger charge is -2.20. The van der Waals surface area contributed by atoms with Gasteiger partial charge in [0, 0.05) is 10.3 Å². The molecule has 2 rings (SSSR count). The average Bonchev–Trinajstić information content (AvgIpc) is 3.02. The van der Waals surface area contributed by atoms with Crippen LogP contribution in [0.15, 0.2) is 0 Å². The van der Waals surface area contributed by atoms with E-state index in [1.807, 2.05) is 0 Å². The van der Waals surface area contributed by atoms with Gasteiger partial charge in [0.2, 0.25) is 5.91 Å². The van der Waals surface area contributed by atoms with Gasteiger partial charge in [0.1, 0.15) is 11.0 Å². The van der Waals surface area contributed by atoms with Crippen molar-refractivity contribution in [2.24, 2.45) is 11.3 Å². The Kier molecular flexibility index (Phi) is 8.22. The fourth-order valence-electron chi connectivity index (χ4n) is 3.15. The largest absolute Gasteiger partial charge is 0.462 e. The molecule has 1 aromatic heterocycles. The van der Waals surface area contributed by atoms with Gasteiger partial charge in [-0.2, -0.15) is 0 Å². The first-order valence-electron chi connectivity index (χ1n) is 10.5. The smallest absolute Gasteiger partial charge is 0.341 e. The van der Waals surface area contributed by atoms with Gasteiger partial charge in [-0.3, -0.25) is 9.59 Å². The first kappa shape index (κ1) is 24.8. The van der Waals surface area contributed by atoms with E-state index < -0.39 is 35.9 Å². The molecule has 1 aromatic rings. The van der Waals surface area contributed by atoms with Gasteiger partial charge in [-0.25, -0.2) is 9.59 Å². The summed E-state index contributed by atoms with van der Waals surface area (Å²) < 4.78 is 10.2. The van der Waals surface area contributed by atoms with Crippen molar-refractivity contribution in [2.45, 2.75) is 66.8 Å². The van der Waals surface area contributed by atoms with Gasteiger partial charge in [-0.15, -0.1) is 11.3 Å². The lowest BCUT2D eigenvalue weighted by Crippen LogP contribution is -2.45. The monoisotopic (exact) mass is 452 g/mol. The van der Waals surface area contributed by atoms with E-state index in [2.05, 4.69) is 17.6 Å². The molecule has 1 aliphatic carbocycles. The van der Waals surface area contributed by atoms with Crippen molar-refractivity contribution in [1.29, 1.82) is 0 Å². The molecule has 2 amide bonds. The summed E-state index contributed by atoms with van der Waals surface area (Å²) in [6, 6.07) is -0.884. The third-order valence-corrected chi connectivity index (χ3v) is 6.14. The van der Waals surface area contributed by atoms with E-state index in [4.69, 9.17) is 9.47 Å². The Morgan fingerprint density at radius 2 is 1.87 bits per heavy atom. The molecule has 172 valence electrons. The van der Waals surface area contributed by atoms with Crippen LogP contribution in [0.5, 0.6) is 0 Å². The molecule has 8 nitrogen and oxygen atoms in total. The number of esters is 2. The lowest BCUT2D eigenvalue weighted by molar-refractivity contribution is -0.150. The predicted octanol–water partition coefficient (Wildman–Crippen LogP) is 3.08. The Bertz CT molecular complexity index is 855. The molecule has 2 atom stereocenters. The Hall–Kier alpha value is -2.42. The molecular weight excluding hydrogens is 420 g/mol. The van der Waals surface area contributed by atoms with E-state index in [0.29, 0.717) is 16.5 Å². The number of carbonyl (C=O) groups excluding carboxylic acids is 4. The van der Waals surface area contributed by atoms with Gasteiger partial charge in [-0.05, 0) is 44.6 Å². The van der Waals surface area contributed by atoms with Gasteiger partial charge >= 0.3 is 11.9 Å². The highest BCUT2D eigenvalue weighted by atomic mass is 32.1. The third kappa shape index (κ3) is 6.53. The second kappa shape index (κ2) is 10.3. The number of nitrogens with one attached hydrogen (secondary N) is 2. The number of fused-ring (bicyclic) bond motifs is 1. The average molecular weight is 453 g/mol. The zero-order valence-corrected chi connectivity index (χ0v) is 19.9. The van der Waals surface area contributed by atoms with Crippen LogP contribution in [0.2, 0.25) is 0 Å². The molecule has 0 fully saturated rings. The van der Waals surface area contributed by atoms with Crippen LogP contribution in [-0.2, 0) is 36.7 Å². The second-order valence-electron chi connectivity index (χ2n) is 8.88. The number of thiophene rings is 1. The van der Waals surface area contributed by atoms with Crippen molar-refractivity contribution in [1.82, 2.24) is 5.32 Å². The molecule has 1 aliphatic rings. The van der Waals surface area contributed by atoms with E-state index >= 15 is 0 Å². The van der Waals surface area contributed by atoms with Crippen LogP contribution >= 0.6 is 11.3 Å². The topological polar surface area (TPSA) is 111 Å². The fourth-order valence-corrected chi connectivity index (χ4v) is 4.57. The standard InChI is InChI=1S/C22H32N2O6S/c1-7-29-20(27)17-14-9-8-12(2)10-15(14)31-18(17)24-16(25)11-30-19(26)13(3)23-21(28)22(4,5)6/h12-13H,7-11H2,1-6H3,(H,23,28)(H,24,25)/t12-,13+/m0/s1. The quantitative estimate of drug-likeness (QED) is 0.615. The van der Waals surface area contributed by atoms with Crippen molar-refractivity contribution >= 4 is 40.1 Å². The minimum absolute atomic E-state index is 0.239. The molecule has 0 aliphatic heterocycles. The maximum Gasteiger partial charge on any atom is 0.341 e. The number of rotatable bonds is 7. The highest BCUT2D eigenvalue weighted by Crippen LogP contribution is 2.40.